The average molecular weight is 382 g/mol. The van der Waals surface area contributed by atoms with Crippen molar-refractivity contribution in [2.75, 3.05) is 39.3 Å². The van der Waals surface area contributed by atoms with Gasteiger partial charge in [-0.05, 0) is 29.8 Å². The molecular weight excluding hydrogens is 360 g/mol. The molecule has 1 aliphatic rings. The van der Waals surface area contributed by atoms with Crippen molar-refractivity contribution in [3.63, 3.8) is 0 Å². The summed E-state index contributed by atoms with van der Waals surface area (Å²) in [4.78, 5) is 29.3. The van der Waals surface area contributed by atoms with Crippen LogP contribution in [-0.2, 0) is 9.59 Å². The average Bonchev–Trinajstić information content (AvgIpc) is 2.98. The summed E-state index contributed by atoms with van der Waals surface area (Å²) in [5.74, 6) is 0.160. The van der Waals surface area contributed by atoms with Crippen LogP contribution in [0.15, 0.2) is 54.2 Å². The number of amides is 2. The maximum Gasteiger partial charge on any atom is 0.282 e. The number of benzene rings is 2. The molecular formula is C21H22N2O5. The zero-order valence-electron chi connectivity index (χ0n) is 16.0. The van der Waals surface area contributed by atoms with Crippen LogP contribution in [0.5, 0.6) is 11.5 Å². The van der Waals surface area contributed by atoms with Gasteiger partial charge in [-0.15, -0.1) is 0 Å². The van der Waals surface area contributed by atoms with Crippen LogP contribution in [-0.4, -0.2) is 56.2 Å². The van der Waals surface area contributed by atoms with Crippen molar-refractivity contribution in [1.29, 1.82) is 0 Å². The molecule has 0 saturated heterocycles. The van der Waals surface area contributed by atoms with Crippen molar-refractivity contribution in [2.45, 2.75) is 0 Å². The Balaban J connectivity index is 2.13. The highest BCUT2D eigenvalue weighted by molar-refractivity contribution is 6.45. The second-order valence-electron chi connectivity index (χ2n) is 6.21. The zero-order chi connectivity index (χ0) is 20.3. The largest absolute Gasteiger partial charge is 0.497 e. The van der Waals surface area contributed by atoms with E-state index in [0.29, 0.717) is 22.7 Å². The number of carbonyl (C=O) groups is 2. The third-order valence-electron chi connectivity index (χ3n) is 4.58. The number of methoxy groups -OCH3 is 2. The number of carbonyl (C=O) groups excluding carboxylic acids is 2. The predicted octanol–water partition coefficient (Wildman–Crippen LogP) is 1.91. The van der Waals surface area contributed by atoms with E-state index in [4.69, 9.17) is 9.47 Å². The van der Waals surface area contributed by atoms with Gasteiger partial charge < -0.3 is 19.5 Å². The number of aliphatic hydroxyl groups excluding tert-OH is 1. The molecule has 3 rings (SSSR count). The van der Waals surface area contributed by atoms with Gasteiger partial charge in [-0.25, -0.2) is 4.90 Å². The lowest BCUT2D eigenvalue weighted by molar-refractivity contribution is -0.120. The minimum absolute atomic E-state index is 0.147. The number of aliphatic hydroxyl groups is 1. The number of hydrogen-bond donors (Lipinski definition) is 1. The molecule has 2 aromatic carbocycles. The molecule has 7 nitrogen and oxygen atoms in total. The molecule has 1 heterocycles. The predicted molar refractivity (Wildman–Crippen MR) is 105 cm³/mol. The van der Waals surface area contributed by atoms with E-state index in [0.717, 1.165) is 4.90 Å². The summed E-state index contributed by atoms with van der Waals surface area (Å²) in [6.07, 6.45) is 0. The molecule has 2 amide bonds. The number of likely N-dealkylation sites (N-methyl/N-ethyl adjacent to an activating group) is 1. The molecule has 0 aliphatic carbocycles. The first kappa shape index (κ1) is 19.4. The van der Waals surface area contributed by atoms with E-state index in [1.54, 1.807) is 67.6 Å². The zero-order valence-corrected chi connectivity index (χ0v) is 16.0. The second-order valence-corrected chi connectivity index (χ2v) is 6.21. The molecule has 0 bridgehead atoms. The first-order valence-electron chi connectivity index (χ1n) is 8.76. The molecule has 7 heteroatoms. The number of hydrogen-bond acceptors (Lipinski definition) is 6. The van der Waals surface area contributed by atoms with Crippen molar-refractivity contribution >= 4 is 23.1 Å². The molecule has 0 unspecified atom stereocenters. The van der Waals surface area contributed by atoms with Crippen molar-refractivity contribution in [2.24, 2.45) is 0 Å². The fraction of sp³-hybridized carbons (Fsp3) is 0.238. The van der Waals surface area contributed by atoms with Crippen molar-refractivity contribution in [3.05, 3.63) is 59.8 Å². The molecule has 0 saturated carbocycles. The summed E-state index contributed by atoms with van der Waals surface area (Å²) >= 11 is 0. The number of anilines is 1. The Morgan fingerprint density at radius 2 is 1.64 bits per heavy atom. The summed E-state index contributed by atoms with van der Waals surface area (Å²) in [7, 11) is 4.72. The lowest BCUT2D eigenvalue weighted by Crippen LogP contribution is -2.35. The molecule has 28 heavy (non-hydrogen) atoms. The summed E-state index contributed by atoms with van der Waals surface area (Å²) in [6, 6.07) is 13.8. The minimum atomic E-state index is -0.462. The maximum atomic E-state index is 13.3. The van der Waals surface area contributed by atoms with Gasteiger partial charge in [0, 0.05) is 13.6 Å². The normalized spacial score (nSPS) is 13.9. The van der Waals surface area contributed by atoms with E-state index in [2.05, 4.69) is 0 Å². The number of nitrogens with zero attached hydrogens (tertiary/aromatic N) is 2. The second kappa shape index (κ2) is 8.14. The van der Waals surface area contributed by atoms with Gasteiger partial charge in [0.2, 0.25) is 0 Å². The lowest BCUT2D eigenvalue weighted by atomic mass is 10.0. The number of rotatable bonds is 7. The fourth-order valence-electron chi connectivity index (χ4n) is 3.19. The van der Waals surface area contributed by atoms with Gasteiger partial charge in [0.15, 0.2) is 0 Å². The standard InChI is InChI=1S/C21H22N2O5/c1-22(12-13-24)19-18(14-8-10-15(27-2)11-9-14)20(25)23(21(19)26)16-6-4-5-7-17(16)28-3/h4-11,24H,12-13H2,1-3H3. The Kier molecular flexibility index (Phi) is 5.65. The molecule has 0 spiro atoms. The van der Waals surface area contributed by atoms with Crippen LogP contribution < -0.4 is 14.4 Å². The molecule has 1 aliphatic heterocycles. The highest BCUT2D eigenvalue weighted by Crippen LogP contribution is 2.38. The van der Waals surface area contributed by atoms with Crippen LogP contribution in [0.25, 0.3) is 5.57 Å². The van der Waals surface area contributed by atoms with E-state index >= 15 is 0 Å². The smallest absolute Gasteiger partial charge is 0.282 e. The van der Waals surface area contributed by atoms with E-state index in [1.165, 1.54) is 7.11 Å². The number of imide groups is 1. The monoisotopic (exact) mass is 382 g/mol. The first-order chi connectivity index (χ1) is 13.5. The maximum absolute atomic E-state index is 13.3. The Morgan fingerprint density at radius 3 is 2.25 bits per heavy atom. The van der Waals surface area contributed by atoms with Crippen LogP contribution in [0.1, 0.15) is 5.56 Å². The van der Waals surface area contributed by atoms with Crippen LogP contribution >= 0.6 is 0 Å². The Bertz CT molecular complexity index is 921. The third kappa shape index (κ3) is 3.32. The minimum Gasteiger partial charge on any atom is -0.497 e. The van der Waals surface area contributed by atoms with Gasteiger partial charge in [0.25, 0.3) is 11.8 Å². The SMILES string of the molecule is COc1ccc(C2=C(N(C)CCO)C(=O)N(c3ccccc3OC)C2=O)cc1. The van der Waals surface area contributed by atoms with E-state index in [1.807, 2.05) is 0 Å². The Labute approximate surface area is 163 Å². The fourth-order valence-corrected chi connectivity index (χ4v) is 3.19. The Hall–Kier alpha value is -3.32. The lowest BCUT2D eigenvalue weighted by Gasteiger charge is -2.21. The van der Waals surface area contributed by atoms with Crippen molar-refractivity contribution < 1.29 is 24.2 Å². The topological polar surface area (TPSA) is 79.3 Å². The highest BCUT2D eigenvalue weighted by atomic mass is 16.5. The third-order valence-corrected chi connectivity index (χ3v) is 4.58. The number of para-hydroxylation sites is 2. The highest BCUT2D eigenvalue weighted by Gasteiger charge is 2.42. The van der Waals surface area contributed by atoms with E-state index in [9.17, 15) is 14.7 Å². The van der Waals surface area contributed by atoms with Gasteiger partial charge in [0.1, 0.15) is 17.2 Å². The molecule has 0 fully saturated rings. The molecule has 0 radical (unpaired) electrons. The molecule has 0 aromatic heterocycles. The van der Waals surface area contributed by atoms with Crippen LogP contribution in [0.3, 0.4) is 0 Å². The van der Waals surface area contributed by atoms with Crippen LogP contribution in [0, 0.1) is 0 Å². The summed E-state index contributed by atoms with van der Waals surface area (Å²) < 4.78 is 10.5. The van der Waals surface area contributed by atoms with E-state index < -0.39 is 11.8 Å². The van der Waals surface area contributed by atoms with Gasteiger partial charge in [-0.1, -0.05) is 24.3 Å². The summed E-state index contributed by atoms with van der Waals surface area (Å²) in [5.41, 5.74) is 1.47. The van der Waals surface area contributed by atoms with Crippen LogP contribution in [0.4, 0.5) is 5.69 Å². The number of ether oxygens (including phenoxy) is 2. The molecule has 0 atom stereocenters. The molecule has 1 N–H and O–H groups in total. The molecule has 2 aromatic rings. The Morgan fingerprint density at radius 1 is 0.964 bits per heavy atom. The van der Waals surface area contributed by atoms with Crippen molar-refractivity contribution in [1.82, 2.24) is 4.90 Å². The quantitative estimate of drug-likeness (QED) is 0.737. The van der Waals surface area contributed by atoms with Crippen LogP contribution in [0.2, 0.25) is 0 Å². The van der Waals surface area contributed by atoms with Gasteiger partial charge in [-0.3, -0.25) is 9.59 Å². The van der Waals surface area contributed by atoms with Crippen molar-refractivity contribution in [3.8, 4) is 11.5 Å². The first-order valence-corrected chi connectivity index (χ1v) is 8.76. The molecule has 146 valence electrons. The summed E-state index contributed by atoms with van der Waals surface area (Å²) in [5, 5.41) is 9.33. The van der Waals surface area contributed by atoms with Gasteiger partial charge in [0.05, 0.1) is 32.1 Å². The van der Waals surface area contributed by atoms with E-state index in [-0.39, 0.29) is 24.4 Å². The van der Waals surface area contributed by atoms with Gasteiger partial charge in [-0.2, -0.15) is 0 Å². The summed E-state index contributed by atoms with van der Waals surface area (Å²) in [6.45, 7) is 0.0692. The van der Waals surface area contributed by atoms with Gasteiger partial charge >= 0.3 is 0 Å².